The first kappa shape index (κ1) is 14.4. The molecule has 0 spiro atoms. The van der Waals surface area contributed by atoms with Crippen LogP contribution >= 0.6 is 34.5 Å². The molecule has 6 heteroatoms. The maximum Gasteiger partial charge on any atom is 0.344 e. The van der Waals surface area contributed by atoms with E-state index in [1.165, 1.54) is 11.3 Å². The van der Waals surface area contributed by atoms with Crippen molar-refractivity contribution in [2.75, 3.05) is 13.2 Å². The molecule has 0 atom stereocenters. The Hall–Kier alpha value is -0.970. The van der Waals surface area contributed by atoms with E-state index in [4.69, 9.17) is 32.7 Å². The van der Waals surface area contributed by atoms with E-state index in [0.717, 1.165) is 15.6 Å². The van der Waals surface area contributed by atoms with Crippen LogP contribution in [0, 0.1) is 6.92 Å². The zero-order valence-corrected chi connectivity index (χ0v) is 12.8. The Bertz CT molecular complexity index is 622. The molecule has 1 aromatic carbocycles. The van der Waals surface area contributed by atoms with Crippen LogP contribution < -0.4 is 4.74 Å². The van der Waals surface area contributed by atoms with Crippen LogP contribution in [0.3, 0.4) is 0 Å². The third-order valence-electron chi connectivity index (χ3n) is 2.56. The van der Waals surface area contributed by atoms with Crippen molar-refractivity contribution in [1.82, 2.24) is 0 Å². The highest BCUT2D eigenvalue weighted by Crippen LogP contribution is 2.42. The molecule has 0 radical (unpaired) electrons. The Kier molecular flexibility index (Phi) is 4.55. The Balaban J connectivity index is 2.30. The predicted octanol–water partition coefficient (Wildman–Crippen LogP) is 4.46. The molecule has 1 aromatic heterocycles. The summed E-state index contributed by atoms with van der Waals surface area (Å²) in [4.78, 5) is 11.3. The third-order valence-corrected chi connectivity index (χ3v) is 4.65. The van der Waals surface area contributed by atoms with Crippen LogP contribution in [0.1, 0.15) is 12.5 Å². The zero-order valence-electron chi connectivity index (χ0n) is 10.5. The van der Waals surface area contributed by atoms with Gasteiger partial charge >= 0.3 is 5.97 Å². The monoisotopic (exact) mass is 318 g/mol. The summed E-state index contributed by atoms with van der Waals surface area (Å²) in [6.45, 7) is 3.86. The second kappa shape index (κ2) is 5.99. The molecule has 0 unspecified atom stereocenters. The lowest BCUT2D eigenvalue weighted by atomic mass is 10.2. The molecule has 0 saturated heterocycles. The van der Waals surface area contributed by atoms with Crippen LogP contribution in [0.2, 0.25) is 10.0 Å². The summed E-state index contributed by atoms with van der Waals surface area (Å²) < 4.78 is 11.1. The summed E-state index contributed by atoms with van der Waals surface area (Å²) in [6, 6.07) is 1.80. The number of hydrogen-bond acceptors (Lipinski definition) is 4. The van der Waals surface area contributed by atoms with Gasteiger partial charge in [0.25, 0.3) is 0 Å². The fourth-order valence-electron chi connectivity index (χ4n) is 1.65. The third kappa shape index (κ3) is 2.96. The van der Waals surface area contributed by atoms with Gasteiger partial charge in [0.1, 0.15) is 10.8 Å². The molecule has 0 N–H and O–H groups in total. The fraction of sp³-hybridized carbons (Fsp3) is 0.308. The molecule has 2 rings (SSSR count). The number of rotatable bonds is 4. The summed E-state index contributed by atoms with van der Waals surface area (Å²) in [6.07, 6.45) is 0. The molecule has 0 bridgehead atoms. The number of halogens is 2. The molecule has 0 saturated carbocycles. The van der Waals surface area contributed by atoms with Gasteiger partial charge in [-0.1, -0.05) is 23.2 Å². The normalized spacial score (nSPS) is 10.7. The van der Waals surface area contributed by atoms with Gasteiger partial charge in [-0.2, -0.15) is 0 Å². The van der Waals surface area contributed by atoms with Crippen molar-refractivity contribution in [2.24, 2.45) is 0 Å². The highest BCUT2D eigenvalue weighted by molar-refractivity contribution is 7.18. The van der Waals surface area contributed by atoms with Gasteiger partial charge in [0.15, 0.2) is 6.61 Å². The standard InChI is InChI=1S/C13H12Cl2O3S/c1-3-17-10(16)5-18-9-4-8-7(2)6-19-13(8)12(15)11(9)14/h4,6H,3,5H2,1-2H3. The minimum Gasteiger partial charge on any atom is -0.480 e. The topological polar surface area (TPSA) is 35.5 Å². The Morgan fingerprint density at radius 1 is 1.37 bits per heavy atom. The predicted molar refractivity (Wildman–Crippen MR) is 78.7 cm³/mol. The van der Waals surface area contributed by atoms with E-state index < -0.39 is 5.97 Å². The summed E-state index contributed by atoms with van der Waals surface area (Å²) in [5.41, 5.74) is 1.10. The fourth-order valence-corrected chi connectivity index (χ4v) is 3.21. The first-order valence-corrected chi connectivity index (χ1v) is 7.32. The number of carbonyl (C=O) groups excluding carboxylic acids is 1. The van der Waals surface area contributed by atoms with Crippen molar-refractivity contribution in [2.45, 2.75) is 13.8 Å². The average molecular weight is 319 g/mol. The molecule has 102 valence electrons. The van der Waals surface area contributed by atoms with Gasteiger partial charge in [-0.3, -0.25) is 0 Å². The van der Waals surface area contributed by atoms with E-state index in [9.17, 15) is 4.79 Å². The molecule has 0 aliphatic carbocycles. The number of ether oxygens (including phenoxy) is 2. The molecular weight excluding hydrogens is 307 g/mol. The molecule has 0 aliphatic rings. The lowest BCUT2D eigenvalue weighted by Crippen LogP contribution is -2.14. The first-order chi connectivity index (χ1) is 9.04. The van der Waals surface area contributed by atoms with Crippen LogP contribution in [-0.4, -0.2) is 19.2 Å². The zero-order chi connectivity index (χ0) is 14.0. The van der Waals surface area contributed by atoms with Crippen molar-refractivity contribution in [3.05, 3.63) is 27.1 Å². The van der Waals surface area contributed by atoms with Gasteiger partial charge in [-0.05, 0) is 30.9 Å². The van der Waals surface area contributed by atoms with Crippen molar-refractivity contribution in [3.8, 4) is 5.75 Å². The lowest BCUT2D eigenvalue weighted by Gasteiger charge is -2.09. The second-order valence-corrected chi connectivity index (χ2v) is 5.53. The van der Waals surface area contributed by atoms with Gasteiger partial charge in [-0.25, -0.2) is 4.79 Å². The van der Waals surface area contributed by atoms with Gasteiger partial charge in [0.2, 0.25) is 0 Å². The molecule has 0 aliphatic heterocycles. The Morgan fingerprint density at radius 3 is 2.79 bits per heavy atom. The quantitative estimate of drug-likeness (QED) is 0.781. The average Bonchev–Trinajstić information content (AvgIpc) is 2.74. The second-order valence-electron chi connectivity index (χ2n) is 3.89. The van der Waals surface area contributed by atoms with Gasteiger partial charge in [0.05, 0.1) is 16.3 Å². The van der Waals surface area contributed by atoms with E-state index >= 15 is 0 Å². The minimum absolute atomic E-state index is 0.182. The Morgan fingerprint density at radius 2 is 2.11 bits per heavy atom. The summed E-state index contributed by atoms with van der Waals surface area (Å²) in [7, 11) is 0. The minimum atomic E-state index is -0.433. The van der Waals surface area contributed by atoms with Gasteiger partial charge < -0.3 is 9.47 Å². The number of fused-ring (bicyclic) bond motifs is 1. The summed E-state index contributed by atoms with van der Waals surface area (Å²) >= 11 is 13.9. The molecule has 1 heterocycles. The molecule has 0 amide bonds. The van der Waals surface area contributed by atoms with E-state index in [2.05, 4.69) is 0 Å². The highest BCUT2D eigenvalue weighted by atomic mass is 35.5. The molecular formula is C13H12Cl2O3S. The number of esters is 1. The van der Waals surface area contributed by atoms with Gasteiger partial charge in [0, 0.05) is 5.39 Å². The maximum atomic E-state index is 11.3. The number of benzene rings is 1. The van der Waals surface area contributed by atoms with Crippen molar-refractivity contribution >= 4 is 50.6 Å². The van der Waals surface area contributed by atoms with Gasteiger partial charge in [-0.15, -0.1) is 11.3 Å². The van der Waals surface area contributed by atoms with Crippen molar-refractivity contribution < 1.29 is 14.3 Å². The van der Waals surface area contributed by atoms with E-state index in [1.807, 2.05) is 12.3 Å². The number of aryl methyl sites for hydroxylation is 1. The molecule has 3 nitrogen and oxygen atoms in total. The lowest BCUT2D eigenvalue weighted by molar-refractivity contribution is -0.145. The van der Waals surface area contributed by atoms with Crippen LogP contribution in [0.15, 0.2) is 11.4 Å². The van der Waals surface area contributed by atoms with Crippen LogP contribution in [-0.2, 0) is 9.53 Å². The largest absolute Gasteiger partial charge is 0.480 e. The van der Waals surface area contributed by atoms with Crippen LogP contribution in [0.4, 0.5) is 0 Å². The van der Waals surface area contributed by atoms with E-state index in [1.54, 1.807) is 13.0 Å². The number of carbonyl (C=O) groups is 1. The smallest absolute Gasteiger partial charge is 0.344 e. The van der Waals surface area contributed by atoms with Crippen LogP contribution in [0.5, 0.6) is 5.75 Å². The molecule has 0 fully saturated rings. The van der Waals surface area contributed by atoms with E-state index in [-0.39, 0.29) is 6.61 Å². The molecule has 2 aromatic rings. The summed E-state index contributed by atoms with van der Waals surface area (Å²) in [5.74, 6) is -0.0365. The summed E-state index contributed by atoms with van der Waals surface area (Å²) in [5, 5.41) is 3.76. The maximum absolute atomic E-state index is 11.3. The van der Waals surface area contributed by atoms with Crippen molar-refractivity contribution in [1.29, 1.82) is 0 Å². The Labute approximate surface area is 125 Å². The highest BCUT2D eigenvalue weighted by Gasteiger charge is 2.15. The van der Waals surface area contributed by atoms with Crippen LogP contribution in [0.25, 0.3) is 10.1 Å². The SMILES string of the molecule is CCOC(=O)COc1cc2c(C)csc2c(Cl)c1Cl. The number of thiophene rings is 1. The van der Waals surface area contributed by atoms with Crippen molar-refractivity contribution in [3.63, 3.8) is 0 Å². The number of hydrogen-bond donors (Lipinski definition) is 0. The molecule has 19 heavy (non-hydrogen) atoms. The first-order valence-electron chi connectivity index (χ1n) is 5.68. The van der Waals surface area contributed by atoms with E-state index in [0.29, 0.717) is 22.4 Å².